The summed E-state index contributed by atoms with van der Waals surface area (Å²) in [4.78, 5) is 4.07. The van der Waals surface area contributed by atoms with Crippen LogP contribution in [0.25, 0.3) is 0 Å². The largest absolute Gasteiger partial charge is 0.489 e. The molecule has 2 aromatic rings. The van der Waals surface area contributed by atoms with Crippen LogP contribution in [0.1, 0.15) is 17.5 Å². The number of pyridine rings is 1. The van der Waals surface area contributed by atoms with Crippen molar-refractivity contribution < 1.29 is 13.2 Å². The topological polar surface area (TPSA) is 68.3 Å². The number of ether oxygens (including phenoxy) is 1. The van der Waals surface area contributed by atoms with Crippen molar-refractivity contribution in [2.75, 3.05) is 11.5 Å². The smallest absolute Gasteiger partial charge is 0.151 e. The van der Waals surface area contributed by atoms with Crippen LogP contribution < -0.4 is 10.1 Å². The number of sulfone groups is 1. The molecule has 2 heterocycles. The predicted octanol–water partition coefficient (Wildman–Crippen LogP) is 1.94. The van der Waals surface area contributed by atoms with Gasteiger partial charge in [0.15, 0.2) is 9.84 Å². The summed E-state index contributed by atoms with van der Waals surface area (Å²) in [5.74, 6) is 1.32. The average Bonchev–Trinajstić information content (AvgIpc) is 2.92. The Morgan fingerprint density at radius 2 is 2.09 bits per heavy atom. The zero-order valence-corrected chi connectivity index (χ0v) is 13.6. The average molecular weight is 332 g/mol. The lowest BCUT2D eigenvalue weighted by molar-refractivity contribution is 0.301. The van der Waals surface area contributed by atoms with Crippen LogP contribution in [0.3, 0.4) is 0 Å². The van der Waals surface area contributed by atoms with Crippen molar-refractivity contribution in [3.05, 3.63) is 59.9 Å². The van der Waals surface area contributed by atoms with Gasteiger partial charge in [-0.2, -0.15) is 0 Å². The molecule has 1 aliphatic heterocycles. The molecule has 6 heteroatoms. The van der Waals surface area contributed by atoms with E-state index in [-0.39, 0.29) is 17.5 Å². The zero-order valence-electron chi connectivity index (χ0n) is 12.8. The van der Waals surface area contributed by atoms with Gasteiger partial charge in [0.25, 0.3) is 0 Å². The highest BCUT2D eigenvalue weighted by Gasteiger charge is 2.27. The second-order valence-corrected chi connectivity index (χ2v) is 7.97. The first-order valence-corrected chi connectivity index (χ1v) is 9.48. The van der Waals surface area contributed by atoms with Crippen molar-refractivity contribution in [1.82, 2.24) is 10.3 Å². The molecule has 5 nitrogen and oxygen atoms in total. The summed E-state index contributed by atoms with van der Waals surface area (Å²) in [6.45, 7) is 1.06. The summed E-state index contributed by atoms with van der Waals surface area (Å²) in [5.41, 5.74) is 2.04. The van der Waals surface area contributed by atoms with E-state index in [0.717, 1.165) is 16.9 Å². The molecule has 1 atom stereocenters. The van der Waals surface area contributed by atoms with Gasteiger partial charge in [0.1, 0.15) is 12.4 Å². The van der Waals surface area contributed by atoms with Crippen LogP contribution in [0, 0.1) is 0 Å². The molecular formula is C17H20N2O3S. The lowest BCUT2D eigenvalue weighted by atomic mass is 10.1. The van der Waals surface area contributed by atoms with Crippen LogP contribution in [-0.4, -0.2) is 30.9 Å². The lowest BCUT2D eigenvalue weighted by Crippen LogP contribution is -2.29. The monoisotopic (exact) mass is 332 g/mol. The Hall–Kier alpha value is -1.92. The standard InChI is InChI=1S/C17H20N2O3S/c20-23(21)9-7-16(13-23)19-11-15-5-1-2-6-17(15)22-12-14-4-3-8-18-10-14/h1-6,8,10,16,19H,7,9,11-13H2/t16-/m0/s1. The first-order valence-electron chi connectivity index (χ1n) is 7.66. The van der Waals surface area contributed by atoms with E-state index in [2.05, 4.69) is 10.3 Å². The van der Waals surface area contributed by atoms with E-state index in [1.807, 2.05) is 36.4 Å². The van der Waals surface area contributed by atoms with Gasteiger partial charge in [-0.25, -0.2) is 8.42 Å². The highest BCUT2D eigenvalue weighted by Crippen LogP contribution is 2.20. The van der Waals surface area contributed by atoms with Crippen molar-refractivity contribution in [3.63, 3.8) is 0 Å². The Morgan fingerprint density at radius 3 is 2.83 bits per heavy atom. The van der Waals surface area contributed by atoms with Crippen LogP contribution in [0.2, 0.25) is 0 Å². The lowest BCUT2D eigenvalue weighted by Gasteiger charge is -2.14. The van der Waals surface area contributed by atoms with E-state index in [0.29, 0.717) is 19.6 Å². The Balaban J connectivity index is 1.59. The van der Waals surface area contributed by atoms with E-state index < -0.39 is 9.84 Å². The number of nitrogens with one attached hydrogen (secondary N) is 1. The molecule has 3 rings (SSSR count). The number of aromatic nitrogens is 1. The maximum absolute atomic E-state index is 11.5. The summed E-state index contributed by atoms with van der Waals surface area (Å²) in [7, 11) is -2.86. The number of benzene rings is 1. The summed E-state index contributed by atoms with van der Waals surface area (Å²) >= 11 is 0. The molecular weight excluding hydrogens is 312 g/mol. The quantitative estimate of drug-likeness (QED) is 0.875. The van der Waals surface area contributed by atoms with Crippen molar-refractivity contribution in [1.29, 1.82) is 0 Å². The number of hydrogen-bond acceptors (Lipinski definition) is 5. The van der Waals surface area contributed by atoms with Crippen LogP contribution in [0.4, 0.5) is 0 Å². The van der Waals surface area contributed by atoms with Gasteiger partial charge in [0.05, 0.1) is 11.5 Å². The molecule has 0 amide bonds. The van der Waals surface area contributed by atoms with Gasteiger partial charge in [0.2, 0.25) is 0 Å². The number of rotatable bonds is 6. The van der Waals surface area contributed by atoms with Crippen LogP contribution in [-0.2, 0) is 23.0 Å². The van der Waals surface area contributed by atoms with E-state index in [1.165, 1.54) is 0 Å². The third-order valence-electron chi connectivity index (χ3n) is 3.90. The number of hydrogen-bond donors (Lipinski definition) is 1. The van der Waals surface area contributed by atoms with Gasteiger partial charge in [-0.05, 0) is 18.6 Å². The van der Waals surface area contributed by atoms with E-state index in [9.17, 15) is 8.42 Å². The maximum Gasteiger partial charge on any atom is 0.151 e. The van der Waals surface area contributed by atoms with E-state index in [1.54, 1.807) is 12.4 Å². The van der Waals surface area contributed by atoms with Crippen molar-refractivity contribution in [3.8, 4) is 5.75 Å². The molecule has 0 unspecified atom stereocenters. The summed E-state index contributed by atoms with van der Waals surface area (Å²) in [6, 6.07) is 11.7. The minimum absolute atomic E-state index is 0.0337. The third-order valence-corrected chi connectivity index (χ3v) is 5.67. The van der Waals surface area contributed by atoms with Gasteiger partial charge < -0.3 is 10.1 Å². The van der Waals surface area contributed by atoms with Gasteiger partial charge >= 0.3 is 0 Å². The molecule has 0 saturated carbocycles. The van der Waals surface area contributed by atoms with Crippen LogP contribution >= 0.6 is 0 Å². The molecule has 1 aliphatic rings. The molecule has 122 valence electrons. The predicted molar refractivity (Wildman–Crippen MR) is 88.9 cm³/mol. The van der Waals surface area contributed by atoms with Crippen LogP contribution in [0.5, 0.6) is 5.75 Å². The van der Waals surface area contributed by atoms with Gasteiger partial charge in [0, 0.05) is 36.1 Å². The molecule has 0 aliphatic carbocycles. The molecule has 1 fully saturated rings. The minimum atomic E-state index is -2.86. The SMILES string of the molecule is O=S1(=O)CC[C@H](NCc2ccccc2OCc2cccnc2)C1. The third kappa shape index (κ3) is 4.53. The Kier molecular flexibility index (Phi) is 4.93. The highest BCUT2D eigenvalue weighted by atomic mass is 32.2. The van der Waals surface area contributed by atoms with Gasteiger partial charge in [-0.1, -0.05) is 24.3 Å². The second-order valence-electron chi connectivity index (χ2n) is 5.74. The van der Waals surface area contributed by atoms with E-state index >= 15 is 0 Å². The summed E-state index contributed by atoms with van der Waals surface area (Å²) < 4.78 is 28.9. The molecule has 0 radical (unpaired) electrons. The molecule has 0 bridgehead atoms. The number of para-hydroxylation sites is 1. The summed E-state index contributed by atoms with van der Waals surface area (Å²) in [5, 5.41) is 3.32. The number of nitrogens with zero attached hydrogens (tertiary/aromatic N) is 1. The van der Waals surface area contributed by atoms with Crippen molar-refractivity contribution in [2.24, 2.45) is 0 Å². The fourth-order valence-electron chi connectivity index (χ4n) is 2.65. The fraction of sp³-hybridized carbons (Fsp3) is 0.353. The second kappa shape index (κ2) is 7.10. The van der Waals surface area contributed by atoms with E-state index in [4.69, 9.17) is 4.74 Å². The Labute approximate surface area is 136 Å². The fourth-order valence-corrected chi connectivity index (χ4v) is 4.35. The molecule has 1 aromatic heterocycles. The van der Waals surface area contributed by atoms with Gasteiger partial charge in [-0.15, -0.1) is 0 Å². The summed E-state index contributed by atoms with van der Waals surface area (Å²) in [6.07, 6.45) is 4.20. The van der Waals surface area contributed by atoms with Crippen molar-refractivity contribution in [2.45, 2.75) is 25.6 Å². The maximum atomic E-state index is 11.5. The molecule has 0 spiro atoms. The molecule has 1 saturated heterocycles. The Morgan fingerprint density at radius 1 is 1.22 bits per heavy atom. The van der Waals surface area contributed by atoms with Crippen LogP contribution in [0.15, 0.2) is 48.8 Å². The molecule has 23 heavy (non-hydrogen) atoms. The molecule has 1 aromatic carbocycles. The Bertz CT molecular complexity index is 747. The first kappa shape index (κ1) is 16.0. The van der Waals surface area contributed by atoms with Gasteiger partial charge in [-0.3, -0.25) is 4.98 Å². The highest BCUT2D eigenvalue weighted by molar-refractivity contribution is 7.91. The normalized spacial score (nSPS) is 19.6. The molecule has 1 N–H and O–H groups in total. The zero-order chi connectivity index (χ0) is 16.1. The van der Waals surface area contributed by atoms with Crippen molar-refractivity contribution >= 4 is 9.84 Å². The first-order chi connectivity index (χ1) is 11.1. The minimum Gasteiger partial charge on any atom is -0.489 e.